The average molecular weight is 184 g/mol. The second-order valence-corrected chi connectivity index (χ2v) is 3.62. The molecule has 1 fully saturated rings. The summed E-state index contributed by atoms with van der Waals surface area (Å²) in [6.07, 6.45) is 9.40. The van der Waals surface area contributed by atoms with Gasteiger partial charge in [-0.1, -0.05) is 5.92 Å². The third-order valence-electron chi connectivity index (χ3n) is 2.75. The van der Waals surface area contributed by atoms with Crippen molar-refractivity contribution in [1.29, 1.82) is 0 Å². The maximum absolute atomic E-state index is 5.50. The van der Waals surface area contributed by atoms with Crippen LogP contribution in [0.2, 0.25) is 0 Å². The number of H-pyrrole nitrogens is 1. The van der Waals surface area contributed by atoms with Crippen LogP contribution in [0.15, 0.2) is 12.3 Å². The molecule has 0 radical (unpaired) electrons. The molecule has 1 aliphatic carbocycles. The molecule has 0 unspecified atom stereocenters. The molecule has 0 amide bonds. The number of hydrogen-bond donors (Lipinski definition) is 1. The minimum atomic E-state index is -0.0693. The molecule has 4 nitrogen and oxygen atoms in total. The first kappa shape index (κ1) is 7.51. The number of pyridine rings is 1. The average Bonchev–Trinajstić information content (AvgIpc) is 2.89. The molecule has 0 atom stereocenters. The minimum absolute atomic E-state index is 0.0693. The lowest BCUT2D eigenvalue weighted by atomic mass is 9.99. The Labute approximate surface area is 80.7 Å². The SMILES string of the molecule is C#CC1(c2cnc3n[nH]nc3c2)CC1. The van der Waals surface area contributed by atoms with E-state index in [1.54, 1.807) is 6.20 Å². The van der Waals surface area contributed by atoms with Crippen molar-refractivity contribution in [2.24, 2.45) is 0 Å². The number of hydrogen-bond acceptors (Lipinski definition) is 3. The van der Waals surface area contributed by atoms with Gasteiger partial charge in [0.1, 0.15) is 5.52 Å². The molecule has 1 aliphatic rings. The van der Waals surface area contributed by atoms with Gasteiger partial charge in [0.15, 0.2) is 0 Å². The Morgan fingerprint density at radius 3 is 3.00 bits per heavy atom. The number of fused-ring (bicyclic) bond motifs is 1. The van der Waals surface area contributed by atoms with Gasteiger partial charge >= 0.3 is 0 Å². The molecule has 0 aliphatic heterocycles. The van der Waals surface area contributed by atoms with Crippen molar-refractivity contribution in [1.82, 2.24) is 20.4 Å². The van der Waals surface area contributed by atoms with Crippen LogP contribution in [-0.4, -0.2) is 20.4 Å². The van der Waals surface area contributed by atoms with Crippen molar-refractivity contribution in [2.75, 3.05) is 0 Å². The first-order valence-corrected chi connectivity index (χ1v) is 4.49. The van der Waals surface area contributed by atoms with E-state index in [0.717, 1.165) is 23.9 Å². The number of terminal acetylenes is 1. The molecular formula is C10H8N4. The summed E-state index contributed by atoms with van der Waals surface area (Å²) in [7, 11) is 0. The molecule has 2 heterocycles. The summed E-state index contributed by atoms with van der Waals surface area (Å²) < 4.78 is 0. The van der Waals surface area contributed by atoms with Crippen molar-refractivity contribution >= 4 is 11.2 Å². The Morgan fingerprint density at radius 1 is 1.43 bits per heavy atom. The molecule has 1 saturated carbocycles. The fourth-order valence-electron chi connectivity index (χ4n) is 1.64. The first-order chi connectivity index (χ1) is 6.84. The maximum atomic E-state index is 5.50. The van der Waals surface area contributed by atoms with Gasteiger partial charge in [-0.05, 0) is 24.5 Å². The summed E-state index contributed by atoms with van der Waals surface area (Å²) in [5.41, 5.74) is 2.44. The summed E-state index contributed by atoms with van der Waals surface area (Å²) in [6.45, 7) is 0. The van der Waals surface area contributed by atoms with Crippen LogP contribution >= 0.6 is 0 Å². The summed E-state index contributed by atoms with van der Waals surface area (Å²) in [4.78, 5) is 4.19. The summed E-state index contributed by atoms with van der Waals surface area (Å²) in [5, 5.41) is 10.4. The zero-order chi connectivity index (χ0) is 9.60. The number of rotatable bonds is 1. The fourth-order valence-corrected chi connectivity index (χ4v) is 1.64. The van der Waals surface area contributed by atoms with E-state index in [2.05, 4.69) is 26.3 Å². The van der Waals surface area contributed by atoms with Crippen molar-refractivity contribution in [3.8, 4) is 12.3 Å². The molecule has 0 bridgehead atoms. The van der Waals surface area contributed by atoms with Crippen LogP contribution in [0.4, 0.5) is 0 Å². The Hall–Kier alpha value is -1.89. The highest BCUT2D eigenvalue weighted by atomic mass is 15.3. The Kier molecular flexibility index (Phi) is 1.25. The van der Waals surface area contributed by atoms with Crippen LogP contribution in [-0.2, 0) is 5.41 Å². The monoisotopic (exact) mass is 184 g/mol. The third kappa shape index (κ3) is 0.867. The van der Waals surface area contributed by atoms with Crippen molar-refractivity contribution in [3.63, 3.8) is 0 Å². The molecule has 3 rings (SSSR count). The van der Waals surface area contributed by atoms with Crippen LogP contribution in [0.25, 0.3) is 11.2 Å². The highest BCUT2D eigenvalue weighted by molar-refractivity contribution is 5.70. The van der Waals surface area contributed by atoms with E-state index in [9.17, 15) is 0 Å². The van der Waals surface area contributed by atoms with Crippen LogP contribution in [0.5, 0.6) is 0 Å². The van der Waals surface area contributed by atoms with Crippen LogP contribution < -0.4 is 0 Å². The van der Waals surface area contributed by atoms with Gasteiger partial charge in [0, 0.05) is 6.20 Å². The number of aromatic amines is 1. The normalized spacial score (nSPS) is 17.9. The quantitative estimate of drug-likeness (QED) is 0.673. The van der Waals surface area contributed by atoms with Crippen molar-refractivity contribution in [2.45, 2.75) is 18.3 Å². The zero-order valence-electron chi connectivity index (χ0n) is 7.49. The zero-order valence-corrected chi connectivity index (χ0v) is 7.49. The van der Waals surface area contributed by atoms with E-state index >= 15 is 0 Å². The Morgan fingerprint density at radius 2 is 2.29 bits per heavy atom. The number of aromatic nitrogens is 4. The summed E-state index contributed by atoms with van der Waals surface area (Å²) in [5.74, 6) is 2.83. The van der Waals surface area contributed by atoms with Gasteiger partial charge in [0.2, 0.25) is 5.65 Å². The number of nitrogens with zero attached hydrogens (tertiary/aromatic N) is 3. The highest BCUT2D eigenvalue weighted by Gasteiger charge is 2.43. The minimum Gasteiger partial charge on any atom is -0.233 e. The van der Waals surface area contributed by atoms with Gasteiger partial charge in [-0.3, -0.25) is 0 Å². The molecule has 1 N–H and O–H groups in total. The van der Waals surface area contributed by atoms with Gasteiger partial charge in [0.25, 0.3) is 0 Å². The summed E-state index contributed by atoms with van der Waals surface area (Å²) >= 11 is 0. The van der Waals surface area contributed by atoms with Crippen LogP contribution in [0, 0.1) is 12.3 Å². The standard InChI is InChI=1S/C10H8N4/c1-2-10(3-4-10)7-5-8-9(11-6-7)13-14-12-8/h1,5-6H,3-4H2,(H,11,12,13,14). The van der Waals surface area contributed by atoms with Gasteiger partial charge in [-0.25, -0.2) is 4.98 Å². The molecule has 2 aromatic rings. The van der Waals surface area contributed by atoms with E-state index in [-0.39, 0.29) is 5.41 Å². The van der Waals surface area contributed by atoms with E-state index in [1.165, 1.54) is 0 Å². The molecular weight excluding hydrogens is 176 g/mol. The first-order valence-electron chi connectivity index (χ1n) is 4.49. The van der Waals surface area contributed by atoms with E-state index in [0.29, 0.717) is 5.65 Å². The van der Waals surface area contributed by atoms with Crippen LogP contribution in [0.1, 0.15) is 18.4 Å². The number of nitrogens with one attached hydrogen (secondary N) is 1. The van der Waals surface area contributed by atoms with E-state index < -0.39 is 0 Å². The van der Waals surface area contributed by atoms with E-state index in [4.69, 9.17) is 6.42 Å². The lowest BCUT2D eigenvalue weighted by Crippen LogP contribution is -2.02. The molecule has 0 saturated heterocycles. The second kappa shape index (κ2) is 2.32. The highest BCUT2D eigenvalue weighted by Crippen LogP contribution is 2.47. The van der Waals surface area contributed by atoms with Gasteiger partial charge < -0.3 is 0 Å². The third-order valence-corrected chi connectivity index (χ3v) is 2.75. The van der Waals surface area contributed by atoms with E-state index in [1.807, 2.05) is 6.07 Å². The topological polar surface area (TPSA) is 54.5 Å². The smallest absolute Gasteiger partial charge is 0.201 e. The van der Waals surface area contributed by atoms with Crippen molar-refractivity contribution < 1.29 is 0 Å². The Bertz CT molecular complexity index is 530. The second-order valence-electron chi connectivity index (χ2n) is 3.62. The largest absolute Gasteiger partial charge is 0.233 e. The molecule has 0 spiro atoms. The predicted molar refractivity (Wildman–Crippen MR) is 51.4 cm³/mol. The summed E-state index contributed by atoms with van der Waals surface area (Å²) in [6, 6.07) is 1.97. The Balaban J connectivity index is 2.19. The van der Waals surface area contributed by atoms with Gasteiger partial charge in [-0.15, -0.1) is 11.5 Å². The fraction of sp³-hybridized carbons (Fsp3) is 0.300. The molecule has 2 aromatic heterocycles. The lowest BCUT2D eigenvalue weighted by molar-refractivity contribution is 0.922. The molecule has 68 valence electrons. The predicted octanol–water partition coefficient (Wildman–Crippen LogP) is 1.02. The van der Waals surface area contributed by atoms with Crippen LogP contribution in [0.3, 0.4) is 0 Å². The maximum Gasteiger partial charge on any atom is 0.201 e. The molecule has 14 heavy (non-hydrogen) atoms. The van der Waals surface area contributed by atoms with Gasteiger partial charge in [0.05, 0.1) is 5.41 Å². The van der Waals surface area contributed by atoms with Gasteiger partial charge in [-0.2, -0.15) is 10.3 Å². The van der Waals surface area contributed by atoms with Crippen molar-refractivity contribution in [3.05, 3.63) is 17.8 Å². The lowest BCUT2D eigenvalue weighted by Gasteiger charge is -2.05. The molecule has 4 heteroatoms. The molecule has 0 aromatic carbocycles.